The van der Waals surface area contributed by atoms with Gasteiger partial charge in [0.1, 0.15) is 11.6 Å². The number of aromatic nitrogens is 2. The summed E-state index contributed by atoms with van der Waals surface area (Å²) in [4.78, 5) is 11.6. The first-order chi connectivity index (χ1) is 13.4. The molecule has 1 atom stereocenters. The molecule has 3 aromatic rings. The summed E-state index contributed by atoms with van der Waals surface area (Å²) < 4.78 is 13.8. The zero-order chi connectivity index (χ0) is 19.8. The van der Waals surface area contributed by atoms with Crippen LogP contribution in [0.25, 0.3) is 0 Å². The Morgan fingerprint density at radius 2 is 1.96 bits per heavy atom. The number of aryl methyl sites for hydroxylation is 1. The smallest absolute Gasteiger partial charge is 0.229 e. The fourth-order valence-corrected chi connectivity index (χ4v) is 3.91. The van der Waals surface area contributed by atoms with E-state index in [9.17, 15) is 4.39 Å². The maximum atomic E-state index is 13.8. The van der Waals surface area contributed by atoms with Gasteiger partial charge in [-0.2, -0.15) is 4.98 Å². The summed E-state index contributed by atoms with van der Waals surface area (Å²) in [5.41, 5.74) is 4.99. The summed E-state index contributed by atoms with van der Waals surface area (Å²) in [7, 11) is 0. The van der Waals surface area contributed by atoms with Gasteiger partial charge in [-0.05, 0) is 68.7 Å². The first-order valence-electron chi connectivity index (χ1n) is 9.35. The predicted molar refractivity (Wildman–Crippen MR) is 112 cm³/mol. The van der Waals surface area contributed by atoms with Crippen molar-refractivity contribution in [3.8, 4) is 0 Å². The second-order valence-electron chi connectivity index (χ2n) is 7.18. The molecule has 0 spiro atoms. The summed E-state index contributed by atoms with van der Waals surface area (Å²) in [6.45, 7) is 6.93. The van der Waals surface area contributed by atoms with Crippen LogP contribution in [0.2, 0.25) is 5.02 Å². The van der Waals surface area contributed by atoms with Crippen molar-refractivity contribution in [3.63, 3.8) is 0 Å². The summed E-state index contributed by atoms with van der Waals surface area (Å²) in [6.07, 6.45) is 0.861. The van der Waals surface area contributed by atoms with Crippen molar-refractivity contribution in [3.05, 3.63) is 75.7 Å². The maximum absolute atomic E-state index is 13.8. The SMILES string of the molecule is Cc1nc(Nc2cccc(Cl)c2)nc(N2CCc3ccc(F)cc3C2C)c1C. The van der Waals surface area contributed by atoms with Crippen LogP contribution in [0, 0.1) is 19.7 Å². The number of nitrogens with zero attached hydrogens (tertiary/aromatic N) is 3. The first kappa shape index (κ1) is 18.7. The van der Waals surface area contributed by atoms with Crippen LogP contribution in [0.3, 0.4) is 0 Å². The molecule has 28 heavy (non-hydrogen) atoms. The quantitative estimate of drug-likeness (QED) is 0.611. The Morgan fingerprint density at radius 3 is 2.75 bits per heavy atom. The highest BCUT2D eigenvalue weighted by molar-refractivity contribution is 6.30. The van der Waals surface area contributed by atoms with E-state index in [4.69, 9.17) is 16.6 Å². The van der Waals surface area contributed by atoms with Crippen LogP contribution in [0.5, 0.6) is 0 Å². The lowest BCUT2D eigenvalue weighted by atomic mass is 9.93. The highest BCUT2D eigenvalue weighted by Gasteiger charge is 2.27. The molecule has 0 amide bonds. The van der Waals surface area contributed by atoms with Crippen molar-refractivity contribution in [2.24, 2.45) is 0 Å². The molecule has 0 fully saturated rings. The number of anilines is 3. The molecule has 1 N–H and O–H groups in total. The molecule has 1 aliphatic heterocycles. The van der Waals surface area contributed by atoms with Gasteiger partial charge in [-0.15, -0.1) is 0 Å². The van der Waals surface area contributed by atoms with Gasteiger partial charge in [0, 0.05) is 28.5 Å². The van der Waals surface area contributed by atoms with Gasteiger partial charge in [0.25, 0.3) is 0 Å². The van der Waals surface area contributed by atoms with Crippen molar-refractivity contribution in [1.82, 2.24) is 9.97 Å². The van der Waals surface area contributed by atoms with E-state index in [0.29, 0.717) is 11.0 Å². The number of hydrogen-bond donors (Lipinski definition) is 1. The molecule has 4 nitrogen and oxygen atoms in total. The molecular formula is C22H22ClFN4. The van der Waals surface area contributed by atoms with Crippen LogP contribution >= 0.6 is 11.6 Å². The standard InChI is InChI=1S/C22H22ClFN4/c1-13-14(2)25-22(26-19-6-4-5-17(23)11-19)27-21(13)28-10-9-16-7-8-18(24)12-20(16)15(28)3/h4-8,11-12,15H,9-10H2,1-3H3,(H,25,26,27). The molecule has 2 heterocycles. The van der Waals surface area contributed by atoms with E-state index in [1.807, 2.05) is 44.2 Å². The molecule has 6 heteroatoms. The van der Waals surface area contributed by atoms with Crippen LogP contribution in [0.15, 0.2) is 42.5 Å². The second-order valence-corrected chi connectivity index (χ2v) is 7.62. The Kier molecular flexibility index (Phi) is 4.94. The van der Waals surface area contributed by atoms with E-state index in [1.54, 1.807) is 6.07 Å². The summed E-state index contributed by atoms with van der Waals surface area (Å²) >= 11 is 6.08. The average molecular weight is 397 g/mol. The molecule has 0 saturated carbocycles. The number of nitrogens with one attached hydrogen (secondary N) is 1. The van der Waals surface area contributed by atoms with E-state index >= 15 is 0 Å². The Labute approximate surface area is 169 Å². The van der Waals surface area contributed by atoms with E-state index in [1.165, 1.54) is 11.6 Å². The number of fused-ring (bicyclic) bond motifs is 1. The van der Waals surface area contributed by atoms with Crippen molar-refractivity contribution in [2.75, 3.05) is 16.8 Å². The molecule has 0 bridgehead atoms. The van der Waals surface area contributed by atoms with Gasteiger partial charge in [0.15, 0.2) is 0 Å². The third-order valence-electron chi connectivity index (χ3n) is 5.36. The van der Waals surface area contributed by atoms with Crippen molar-refractivity contribution >= 4 is 29.1 Å². The molecule has 4 rings (SSSR count). The van der Waals surface area contributed by atoms with Crippen LogP contribution in [-0.4, -0.2) is 16.5 Å². The molecule has 1 aliphatic rings. The Hall–Kier alpha value is -2.66. The summed E-state index contributed by atoms with van der Waals surface area (Å²) in [6, 6.07) is 12.6. The van der Waals surface area contributed by atoms with Gasteiger partial charge >= 0.3 is 0 Å². The molecule has 144 valence electrons. The zero-order valence-electron chi connectivity index (χ0n) is 16.1. The van der Waals surface area contributed by atoms with Gasteiger partial charge < -0.3 is 10.2 Å². The minimum absolute atomic E-state index is 0.0338. The van der Waals surface area contributed by atoms with E-state index in [-0.39, 0.29) is 11.9 Å². The fraction of sp³-hybridized carbons (Fsp3) is 0.273. The zero-order valence-corrected chi connectivity index (χ0v) is 16.9. The third-order valence-corrected chi connectivity index (χ3v) is 5.60. The average Bonchev–Trinajstić information content (AvgIpc) is 2.66. The van der Waals surface area contributed by atoms with Crippen LogP contribution in [0.4, 0.5) is 21.8 Å². The first-order valence-corrected chi connectivity index (χ1v) is 9.73. The van der Waals surface area contributed by atoms with Crippen molar-refractivity contribution < 1.29 is 4.39 Å². The molecule has 0 radical (unpaired) electrons. The molecule has 2 aromatic carbocycles. The molecule has 1 aromatic heterocycles. The van der Waals surface area contributed by atoms with E-state index in [2.05, 4.69) is 22.1 Å². The van der Waals surface area contributed by atoms with Crippen molar-refractivity contribution in [2.45, 2.75) is 33.2 Å². The second kappa shape index (κ2) is 7.40. The lowest BCUT2D eigenvalue weighted by Crippen LogP contribution is -2.35. The van der Waals surface area contributed by atoms with Crippen molar-refractivity contribution in [1.29, 1.82) is 0 Å². The molecule has 0 aliphatic carbocycles. The Morgan fingerprint density at radius 1 is 1.14 bits per heavy atom. The Bertz CT molecular complexity index is 1040. The summed E-state index contributed by atoms with van der Waals surface area (Å²) in [5, 5.41) is 3.89. The number of hydrogen-bond acceptors (Lipinski definition) is 4. The van der Waals surface area contributed by atoms with Gasteiger partial charge in [-0.25, -0.2) is 9.37 Å². The van der Waals surface area contributed by atoms with Gasteiger partial charge in [-0.3, -0.25) is 0 Å². The number of rotatable bonds is 3. The van der Waals surface area contributed by atoms with Gasteiger partial charge in [0.05, 0.1) is 6.04 Å². The highest BCUT2D eigenvalue weighted by Crippen LogP contribution is 2.35. The molecular weight excluding hydrogens is 375 g/mol. The van der Waals surface area contributed by atoms with E-state index in [0.717, 1.165) is 41.3 Å². The number of benzene rings is 2. The Balaban J connectivity index is 1.70. The third kappa shape index (κ3) is 3.54. The normalized spacial score (nSPS) is 16.0. The van der Waals surface area contributed by atoms with Crippen LogP contribution < -0.4 is 10.2 Å². The molecule has 1 unspecified atom stereocenters. The minimum atomic E-state index is -0.202. The highest BCUT2D eigenvalue weighted by atomic mass is 35.5. The molecule has 0 saturated heterocycles. The lowest BCUT2D eigenvalue weighted by Gasteiger charge is -2.37. The summed E-state index contributed by atoms with van der Waals surface area (Å²) in [5.74, 6) is 1.20. The van der Waals surface area contributed by atoms with Crippen LogP contribution in [-0.2, 0) is 6.42 Å². The monoisotopic (exact) mass is 396 g/mol. The lowest BCUT2D eigenvalue weighted by molar-refractivity contribution is 0.589. The van der Waals surface area contributed by atoms with Gasteiger partial charge in [0.2, 0.25) is 5.95 Å². The topological polar surface area (TPSA) is 41.1 Å². The minimum Gasteiger partial charge on any atom is -0.349 e. The van der Waals surface area contributed by atoms with Crippen LogP contribution in [0.1, 0.15) is 35.3 Å². The van der Waals surface area contributed by atoms with E-state index < -0.39 is 0 Å². The largest absolute Gasteiger partial charge is 0.349 e. The number of halogens is 2. The predicted octanol–water partition coefficient (Wildman–Crippen LogP) is 5.75. The maximum Gasteiger partial charge on any atom is 0.229 e. The fourth-order valence-electron chi connectivity index (χ4n) is 3.72. The van der Waals surface area contributed by atoms with Gasteiger partial charge in [-0.1, -0.05) is 23.7 Å².